The highest BCUT2D eigenvalue weighted by atomic mass is 32.1. The van der Waals surface area contributed by atoms with Crippen LogP contribution in [0.5, 0.6) is 11.5 Å². The van der Waals surface area contributed by atoms with Crippen LogP contribution < -0.4 is 9.47 Å². The van der Waals surface area contributed by atoms with Crippen LogP contribution in [0.4, 0.5) is 5.69 Å². The van der Waals surface area contributed by atoms with Gasteiger partial charge in [-0.05, 0) is 36.3 Å². The molecule has 0 unspecified atom stereocenters. The van der Waals surface area contributed by atoms with E-state index in [-0.39, 0.29) is 25.3 Å². The lowest BCUT2D eigenvalue weighted by Crippen LogP contribution is -1.97. The van der Waals surface area contributed by atoms with Gasteiger partial charge in [-0.2, -0.15) is 0 Å². The van der Waals surface area contributed by atoms with Crippen molar-refractivity contribution in [1.82, 2.24) is 4.98 Å². The van der Waals surface area contributed by atoms with Crippen molar-refractivity contribution in [3.63, 3.8) is 0 Å². The van der Waals surface area contributed by atoms with Gasteiger partial charge in [0.2, 0.25) is 6.79 Å². The van der Waals surface area contributed by atoms with Gasteiger partial charge in [-0.3, -0.25) is 14.9 Å². The molecule has 4 rings (SSSR count). The molecule has 0 aliphatic carbocycles. The van der Waals surface area contributed by atoms with Gasteiger partial charge in [0.15, 0.2) is 11.5 Å². The number of carbonyl (C=O) groups is 1. The van der Waals surface area contributed by atoms with Crippen molar-refractivity contribution in [2.24, 2.45) is 0 Å². The monoisotopic (exact) mass is 398 g/mol. The van der Waals surface area contributed by atoms with Gasteiger partial charge in [-0.15, -0.1) is 11.3 Å². The zero-order valence-electron chi connectivity index (χ0n) is 14.5. The highest BCUT2D eigenvalue weighted by molar-refractivity contribution is 7.19. The number of allylic oxidation sites excluding steroid dienone is 1. The summed E-state index contributed by atoms with van der Waals surface area (Å²) >= 11 is 1.42. The molecule has 1 aromatic heterocycles. The minimum absolute atomic E-state index is 0.00337. The quantitative estimate of drug-likeness (QED) is 0.485. The van der Waals surface area contributed by atoms with Crippen LogP contribution in [0.15, 0.2) is 36.4 Å². The van der Waals surface area contributed by atoms with Gasteiger partial charge >= 0.3 is 5.97 Å². The lowest BCUT2D eigenvalue weighted by Gasteiger charge is -2.05. The maximum Gasteiger partial charge on any atom is 0.303 e. The van der Waals surface area contributed by atoms with E-state index in [9.17, 15) is 14.9 Å². The first kappa shape index (κ1) is 17.9. The predicted octanol–water partition coefficient (Wildman–Crippen LogP) is 4.34. The second-order valence-electron chi connectivity index (χ2n) is 6.07. The molecule has 0 fully saturated rings. The molecule has 0 bridgehead atoms. The number of rotatable bonds is 6. The van der Waals surface area contributed by atoms with Gasteiger partial charge in [0.05, 0.1) is 26.8 Å². The number of ether oxygens (including phenoxy) is 2. The Labute approximate surface area is 162 Å². The van der Waals surface area contributed by atoms with Crippen molar-refractivity contribution in [3.8, 4) is 11.5 Å². The summed E-state index contributed by atoms with van der Waals surface area (Å²) in [5.41, 5.74) is 1.58. The largest absolute Gasteiger partial charge is 0.481 e. The molecule has 1 N–H and O–H groups in total. The lowest BCUT2D eigenvalue weighted by molar-refractivity contribution is -0.385. The molecular weight excluding hydrogens is 384 g/mol. The fourth-order valence-electron chi connectivity index (χ4n) is 2.90. The van der Waals surface area contributed by atoms with Crippen molar-refractivity contribution >= 4 is 44.9 Å². The topological polar surface area (TPSA) is 112 Å². The Morgan fingerprint density at radius 3 is 2.71 bits per heavy atom. The minimum Gasteiger partial charge on any atom is -0.481 e. The van der Waals surface area contributed by atoms with Gasteiger partial charge in [0.25, 0.3) is 5.69 Å². The van der Waals surface area contributed by atoms with Crippen LogP contribution in [-0.2, 0) is 4.79 Å². The third kappa shape index (κ3) is 3.52. The van der Waals surface area contributed by atoms with Crippen LogP contribution in [-0.4, -0.2) is 27.8 Å². The second kappa shape index (κ2) is 7.28. The molecule has 0 saturated carbocycles. The third-order valence-corrected chi connectivity index (χ3v) is 5.34. The van der Waals surface area contributed by atoms with Gasteiger partial charge in [-0.25, -0.2) is 4.98 Å². The molecule has 1 aliphatic rings. The van der Waals surface area contributed by atoms with E-state index in [4.69, 9.17) is 14.6 Å². The molecule has 2 aromatic carbocycles. The maximum atomic E-state index is 11.5. The molecule has 9 heteroatoms. The summed E-state index contributed by atoms with van der Waals surface area (Å²) in [5, 5.41) is 21.2. The van der Waals surface area contributed by atoms with Crippen molar-refractivity contribution in [2.45, 2.75) is 12.8 Å². The number of para-hydroxylation sites is 1. The van der Waals surface area contributed by atoms with Gasteiger partial charge in [0.1, 0.15) is 5.01 Å². The number of carboxylic acids is 1. The molecule has 3 aromatic rings. The second-order valence-corrected chi connectivity index (χ2v) is 7.10. The molecule has 0 atom stereocenters. The summed E-state index contributed by atoms with van der Waals surface area (Å²) in [6.07, 6.45) is 1.70. The Bertz CT molecular complexity index is 1090. The first-order valence-electron chi connectivity index (χ1n) is 8.37. The van der Waals surface area contributed by atoms with Gasteiger partial charge < -0.3 is 14.6 Å². The smallest absolute Gasteiger partial charge is 0.303 e. The van der Waals surface area contributed by atoms with Crippen molar-refractivity contribution < 1.29 is 24.3 Å². The molecule has 1 aliphatic heterocycles. The molecule has 0 spiro atoms. The van der Waals surface area contributed by atoms with Crippen LogP contribution in [0.25, 0.3) is 21.9 Å². The Hall–Kier alpha value is -3.46. The summed E-state index contributed by atoms with van der Waals surface area (Å²) in [4.78, 5) is 26.7. The normalized spacial score (nSPS) is 13.1. The van der Waals surface area contributed by atoms with Crippen molar-refractivity contribution in [3.05, 3.63) is 57.1 Å². The zero-order valence-corrected chi connectivity index (χ0v) is 15.3. The summed E-state index contributed by atoms with van der Waals surface area (Å²) < 4.78 is 11.5. The minimum atomic E-state index is -0.952. The number of benzene rings is 2. The Balaban J connectivity index is 1.83. The molecule has 28 heavy (non-hydrogen) atoms. The summed E-state index contributed by atoms with van der Waals surface area (Å²) in [7, 11) is 0. The van der Waals surface area contributed by atoms with Crippen LogP contribution in [0.3, 0.4) is 0 Å². The number of hydrogen-bond acceptors (Lipinski definition) is 7. The van der Waals surface area contributed by atoms with Crippen molar-refractivity contribution in [1.29, 1.82) is 0 Å². The van der Waals surface area contributed by atoms with Gasteiger partial charge in [0, 0.05) is 6.42 Å². The van der Waals surface area contributed by atoms with Gasteiger partial charge in [-0.1, -0.05) is 12.1 Å². The standard InChI is InChI=1S/C19H14N2O6S/c22-18(23)6-5-11(19-20-13-3-1-2-4-17(13)28-19)7-12-8-15-16(27-10-26-15)9-14(12)21(24)25/h1-4,7-9H,5-6,10H2,(H,22,23). The average Bonchev–Trinajstić information content (AvgIpc) is 3.29. The first-order valence-corrected chi connectivity index (χ1v) is 9.19. The molecular formula is C19H14N2O6S. The molecule has 0 amide bonds. The average molecular weight is 398 g/mol. The summed E-state index contributed by atoms with van der Waals surface area (Å²) in [6, 6.07) is 10.4. The Morgan fingerprint density at radius 2 is 2.00 bits per heavy atom. The van der Waals surface area contributed by atoms with E-state index >= 15 is 0 Å². The number of nitro groups is 1. The number of aliphatic carboxylic acids is 1. The third-order valence-electron chi connectivity index (χ3n) is 4.23. The lowest BCUT2D eigenvalue weighted by atomic mass is 10.0. The number of nitro benzene ring substituents is 1. The van der Waals surface area contributed by atoms with E-state index in [1.54, 1.807) is 6.08 Å². The van der Waals surface area contributed by atoms with Crippen LogP contribution in [0.1, 0.15) is 23.4 Å². The highest BCUT2D eigenvalue weighted by Gasteiger charge is 2.23. The number of thiazole rings is 1. The van der Waals surface area contributed by atoms with E-state index in [1.165, 1.54) is 23.5 Å². The zero-order chi connectivity index (χ0) is 19.7. The van der Waals surface area contributed by atoms with Crippen LogP contribution >= 0.6 is 11.3 Å². The molecule has 0 radical (unpaired) electrons. The van der Waals surface area contributed by atoms with Crippen molar-refractivity contribution in [2.75, 3.05) is 6.79 Å². The van der Waals surface area contributed by atoms with E-state index in [1.807, 2.05) is 24.3 Å². The van der Waals surface area contributed by atoms with Crippen LogP contribution in [0, 0.1) is 10.1 Å². The molecule has 2 heterocycles. The fourth-order valence-corrected chi connectivity index (χ4v) is 3.91. The predicted molar refractivity (Wildman–Crippen MR) is 104 cm³/mol. The molecule has 142 valence electrons. The number of aromatic nitrogens is 1. The number of fused-ring (bicyclic) bond motifs is 2. The number of hydrogen-bond donors (Lipinski definition) is 1. The van der Waals surface area contributed by atoms with E-state index in [0.717, 1.165) is 10.2 Å². The Morgan fingerprint density at radius 1 is 1.25 bits per heavy atom. The van der Waals surface area contributed by atoms with E-state index < -0.39 is 10.9 Å². The molecule has 0 saturated heterocycles. The molecule has 8 nitrogen and oxygen atoms in total. The van der Waals surface area contributed by atoms with E-state index in [2.05, 4.69) is 4.98 Å². The SMILES string of the molecule is O=C(O)CCC(=Cc1cc2c(cc1[N+](=O)[O-])OCO2)c1nc2ccccc2s1. The highest BCUT2D eigenvalue weighted by Crippen LogP contribution is 2.40. The van der Waals surface area contributed by atoms with Crippen LogP contribution in [0.2, 0.25) is 0 Å². The Kier molecular flexibility index (Phi) is 4.66. The number of carboxylic acid groups (broad SMARTS) is 1. The first-order chi connectivity index (χ1) is 13.5. The summed E-state index contributed by atoms with van der Waals surface area (Å²) in [6.45, 7) is 0.00337. The fraction of sp³-hybridized carbons (Fsp3) is 0.158. The maximum absolute atomic E-state index is 11.5. The van der Waals surface area contributed by atoms with E-state index in [0.29, 0.717) is 27.6 Å². The summed E-state index contributed by atoms with van der Waals surface area (Å²) in [5.74, 6) is -0.221. The number of nitrogens with zero attached hydrogens (tertiary/aromatic N) is 2.